The Bertz CT molecular complexity index is 473. The molecule has 6 nitrogen and oxygen atoms in total. The summed E-state index contributed by atoms with van der Waals surface area (Å²) < 4.78 is 0. The van der Waals surface area contributed by atoms with Gasteiger partial charge in [0, 0.05) is 32.1 Å². The number of carboxylic acid groups (broad SMARTS) is 1. The van der Waals surface area contributed by atoms with E-state index in [4.69, 9.17) is 5.11 Å². The maximum absolute atomic E-state index is 12.6. The molecule has 2 aliphatic heterocycles. The van der Waals surface area contributed by atoms with E-state index in [9.17, 15) is 14.4 Å². The normalized spacial score (nSPS) is 30.1. The van der Waals surface area contributed by atoms with Gasteiger partial charge in [-0.3, -0.25) is 14.4 Å². The van der Waals surface area contributed by atoms with Crippen LogP contribution >= 0.6 is 0 Å². The molecule has 3 fully saturated rings. The van der Waals surface area contributed by atoms with E-state index in [0.29, 0.717) is 38.5 Å². The molecule has 1 saturated carbocycles. The summed E-state index contributed by atoms with van der Waals surface area (Å²) in [7, 11) is 0. The van der Waals surface area contributed by atoms with Crippen LogP contribution in [0.25, 0.3) is 0 Å². The summed E-state index contributed by atoms with van der Waals surface area (Å²) in [5.74, 6) is -1.49. The number of rotatable bonds is 3. The average Bonchev–Trinajstić information content (AvgIpc) is 3.15. The maximum Gasteiger partial charge on any atom is 0.308 e. The minimum Gasteiger partial charge on any atom is -0.481 e. The van der Waals surface area contributed by atoms with E-state index in [1.54, 1.807) is 4.90 Å². The second kappa shape index (κ2) is 6.26. The molecule has 0 spiro atoms. The lowest BCUT2D eigenvalue weighted by Crippen LogP contribution is -2.45. The number of nitrogens with zero attached hydrogens (tertiary/aromatic N) is 2. The number of piperidine rings is 1. The average molecular weight is 308 g/mol. The number of likely N-dealkylation sites (tertiary alicyclic amines) is 2. The topological polar surface area (TPSA) is 77.9 Å². The Morgan fingerprint density at radius 3 is 2.41 bits per heavy atom. The van der Waals surface area contributed by atoms with Crippen molar-refractivity contribution in [2.24, 2.45) is 11.8 Å². The fraction of sp³-hybridized carbons (Fsp3) is 0.812. The second-order valence-corrected chi connectivity index (χ2v) is 6.85. The van der Waals surface area contributed by atoms with E-state index in [1.807, 2.05) is 4.90 Å². The van der Waals surface area contributed by atoms with Crippen LogP contribution in [0.3, 0.4) is 0 Å². The molecule has 3 aliphatic rings. The van der Waals surface area contributed by atoms with Gasteiger partial charge >= 0.3 is 5.97 Å². The molecule has 0 aromatic rings. The third-order valence-electron chi connectivity index (χ3n) is 5.36. The third kappa shape index (κ3) is 2.96. The minimum absolute atomic E-state index is 0.0280. The van der Waals surface area contributed by atoms with E-state index in [-0.39, 0.29) is 17.7 Å². The van der Waals surface area contributed by atoms with Crippen LogP contribution < -0.4 is 0 Å². The fourth-order valence-corrected chi connectivity index (χ4v) is 4.10. The molecule has 2 heterocycles. The molecule has 2 amide bonds. The zero-order chi connectivity index (χ0) is 15.7. The number of hydrogen-bond acceptors (Lipinski definition) is 3. The Kier molecular flexibility index (Phi) is 4.36. The summed E-state index contributed by atoms with van der Waals surface area (Å²) in [4.78, 5) is 39.5. The summed E-state index contributed by atoms with van der Waals surface area (Å²) in [5, 5.41) is 9.13. The number of carboxylic acids is 1. The first-order valence-corrected chi connectivity index (χ1v) is 8.37. The van der Waals surface area contributed by atoms with Crippen LogP contribution in [0.1, 0.15) is 44.9 Å². The largest absolute Gasteiger partial charge is 0.481 e. The predicted molar refractivity (Wildman–Crippen MR) is 79.0 cm³/mol. The van der Waals surface area contributed by atoms with Gasteiger partial charge in [0.25, 0.3) is 0 Å². The number of aliphatic carboxylic acids is 1. The van der Waals surface area contributed by atoms with E-state index < -0.39 is 11.9 Å². The fourth-order valence-electron chi connectivity index (χ4n) is 4.10. The Balaban J connectivity index is 1.60. The molecule has 122 valence electrons. The van der Waals surface area contributed by atoms with Crippen molar-refractivity contribution < 1.29 is 19.5 Å². The number of amides is 2. The van der Waals surface area contributed by atoms with Gasteiger partial charge in [-0.25, -0.2) is 0 Å². The Labute approximate surface area is 130 Å². The molecule has 0 radical (unpaired) electrons. The standard InChI is InChI=1S/C16H24N2O4/c19-14-8-12(10-18(14)13-5-1-2-6-13)15(20)17-7-3-4-11(9-17)16(21)22/h11-13H,1-10H2,(H,21,22). The molecule has 2 saturated heterocycles. The molecule has 6 heteroatoms. The van der Waals surface area contributed by atoms with Crippen molar-refractivity contribution in [2.45, 2.75) is 51.0 Å². The van der Waals surface area contributed by atoms with Crippen molar-refractivity contribution >= 4 is 17.8 Å². The van der Waals surface area contributed by atoms with Crippen LogP contribution in [0.15, 0.2) is 0 Å². The van der Waals surface area contributed by atoms with Crippen LogP contribution in [0.5, 0.6) is 0 Å². The lowest BCUT2D eigenvalue weighted by Gasteiger charge is -2.32. The maximum atomic E-state index is 12.6. The Morgan fingerprint density at radius 1 is 1.00 bits per heavy atom. The first kappa shape index (κ1) is 15.3. The van der Waals surface area contributed by atoms with E-state index in [1.165, 1.54) is 12.8 Å². The van der Waals surface area contributed by atoms with Gasteiger partial charge in [-0.15, -0.1) is 0 Å². The Morgan fingerprint density at radius 2 is 1.73 bits per heavy atom. The van der Waals surface area contributed by atoms with Crippen LogP contribution in [0, 0.1) is 11.8 Å². The minimum atomic E-state index is -0.826. The molecule has 2 unspecified atom stereocenters. The van der Waals surface area contributed by atoms with Crippen molar-refractivity contribution in [2.75, 3.05) is 19.6 Å². The van der Waals surface area contributed by atoms with Crippen molar-refractivity contribution in [1.82, 2.24) is 9.80 Å². The van der Waals surface area contributed by atoms with Crippen LogP contribution in [0.4, 0.5) is 0 Å². The molecule has 0 aromatic carbocycles. The predicted octanol–water partition coefficient (Wildman–Crippen LogP) is 1.10. The van der Waals surface area contributed by atoms with Gasteiger partial charge in [0.1, 0.15) is 0 Å². The van der Waals surface area contributed by atoms with Crippen molar-refractivity contribution in [1.29, 1.82) is 0 Å². The molecular formula is C16H24N2O4. The second-order valence-electron chi connectivity index (χ2n) is 6.85. The van der Waals surface area contributed by atoms with Gasteiger partial charge in [-0.2, -0.15) is 0 Å². The zero-order valence-corrected chi connectivity index (χ0v) is 12.9. The zero-order valence-electron chi connectivity index (χ0n) is 12.9. The molecule has 22 heavy (non-hydrogen) atoms. The lowest BCUT2D eigenvalue weighted by atomic mass is 9.96. The van der Waals surface area contributed by atoms with E-state index in [0.717, 1.165) is 19.3 Å². The van der Waals surface area contributed by atoms with Gasteiger partial charge in [0.15, 0.2) is 0 Å². The molecular weight excluding hydrogens is 284 g/mol. The van der Waals surface area contributed by atoms with Gasteiger partial charge < -0.3 is 14.9 Å². The van der Waals surface area contributed by atoms with Gasteiger partial charge in [-0.1, -0.05) is 12.8 Å². The van der Waals surface area contributed by atoms with Gasteiger partial charge in [0.05, 0.1) is 11.8 Å². The van der Waals surface area contributed by atoms with Crippen molar-refractivity contribution in [3.63, 3.8) is 0 Å². The Hall–Kier alpha value is -1.59. The van der Waals surface area contributed by atoms with Crippen molar-refractivity contribution in [3.05, 3.63) is 0 Å². The molecule has 3 rings (SSSR count). The number of carbonyl (C=O) groups is 3. The number of carbonyl (C=O) groups excluding carboxylic acids is 2. The van der Waals surface area contributed by atoms with Gasteiger partial charge in [0.2, 0.25) is 11.8 Å². The highest BCUT2D eigenvalue weighted by Crippen LogP contribution is 2.31. The third-order valence-corrected chi connectivity index (χ3v) is 5.36. The van der Waals surface area contributed by atoms with E-state index >= 15 is 0 Å². The monoisotopic (exact) mass is 308 g/mol. The summed E-state index contributed by atoms with van der Waals surface area (Å²) in [6.07, 6.45) is 6.10. The molecule has 0 aromatic heterocycles. The van der Waals surface area contributed by atoms with Crippen molar-refractivity contribution in [3.8, 4) is 0 Å². The smallest absolute Gasteiger partial charge is 0.308 e. The molecule has 2 atom stereocenters. The van der Waals surface area contributed by atoms with E-state index in [2.05, 4.69) is 0 Å². The first-order chi connectivity index (χ1) is 10.6. The van der Waals surface area contributed by atoms with Crippen LogP contribution in [-0.2, 0) is 14.4 Å². The summed E-state index contributed by atoms with van der Waals surface area (Å²) >= 11 is 0. The molecule has 1 N–H and O–H groups in total. The number of hydrogen-bond donors (Lipinski definition) is 1. The first-order valence-electron chi connectivity index (χ1n) is 8.37. The van der Waals surface area contributed by atoms with Crippen LogP contribution in [0.2, 0.25) is 0 Å². The van der Waals surface area contributed by atoms with Gasteiger partial charge in [-0.05, 0) is 25.7 Å². The quantitative estimate of drug-likeness (QED) is 0.847. The summed E-state index contributed by atoms with van der Waals surface area (Å²) in [5.41, 5.74) is 0. The highest BCUT2D eigenvalue weighted by molar-refractivity contribution is 5.89. The van der Waals surface area contributed by atoms with Crippen LogP contribution in [-0.4, -0.2) is 58.4 Å². The SMILES string of the molecule is O=C(O)C1CCCN(C(=O)C2CC(=O)N(C3CCCC3)C2)C1. The summed E-state index contributed by atoms with van der Waals surface area (Å²) in [6, 6.07) is 0.318. The summed E-state index contributed by atoms with van der Waals surface area (Å²) in [6.45, 7) is 1.44. The lowest BCUT2D eigenvalue weighted by molar-refractivity contribution is -0.146. The highest BCUT2D eigenvalue weighted by Gasteiger charge is 2.41. The molecule has 1 aliphatic carbocycles. The highest BCUT2D eigenvalue weighted by atomic mass is 16.4. The molecule has 0 bridgehead atoms.